The standard InChI is InChI=1S/C6H11NO3/c1-4(2)3-5(8)6(9)7-10/h4,10H,3H2,1-2H3,(H,7,9). The fourth-order valence-electron chi connectivity index (χ4n) is 0.526. The molecule has 0 heterocycles. The highest BCUT2D eigenvalue weighted by Crippen LogP contribution is 1.99. The van der Waals surface area contributed by atoms with E-state index in [9.17, 15) is 9.59 Å². The van der Waals surface area contributed by atoms with E-state index in [4.69, 9.17) is 5.21 Å². The Balaban J connectivity index is 3.74. The number of hydroxylamine groups is 1. The fraction of sp³-hybridized carbons (Fsp3) is 0.667. The van der Waals surface area contributed by atoms with Gasteiger partial charge in [-0.1, -0.05) is 13.8 Å². The number of rotatable bonds is 3. The van der Waals surface area contributed by atoms with E-state index in [0.29, 0.717) is 0 Å². The predicted octanol–water partition coefficient (Wildman–Crippen LogP) is 0.107. The smallest absolute Gasteiger partial charge is 0.289 e. The molecule has 0 spiro atoms. The van der Waals surface area contributed by atoms with Crippen LogP contribution in [-0.2, 0) is 9.59 Å². The minimum Gasteiger partial charge on any atom is -0.289 e. The molecule has 58 valence electrons. The molecule has 0 saturated carbocycles. The Morgan fingerprint density at radius 1 is 1.50 bits per heavy atom. The minimum atomic E-state index is -0.936. The van der Waals surface area contributed by atoms with E-state index in [2.05, 4.69) is 0 Å². The van der Waals surface area contributed by atoms with E-state index in [1.807, 2.05) is 13.8 Å². The molecule has 0 aliphatic carbocycles. The molecule has 0 aliphatic heterocycles. The van der Waals surface area contributed by atoms with Gasteiger partial charge in [-0.15, -0.1) is 0 Å². The van der Waals surface area contributed by atoms with Gasteiger partial charge in [0.15, 0.2) is 0 Å². The summed E-state index contributed by atoms with van der Waals surface area (Å²) in [4.78, 5) is 20.9. The van der Waals surface area contributed by atoms with Crippen LogP contribution in [0.25, 0.3) is 0 Å². The van der Waals surface area contributed by atoms with Crippen LogP contribution >= 0.6 is 0 Å². The lowest BCUT2D eigenvalue weighted by Crippen LogP contribution is -2.28. The zero-order valence-electron chi connectivity index (χ0n) is 6.05. The van der Waals surface area contributed by atoms with Gasteiger partial charge in [-0.05, 0) is 5.92 Å². The highest BCUT2D eigenvalue weighted by molar-refractivity contribution is 6.35. The molecule has 0 radical (unpaired) electrons. The van der Waals surface area contributed by atoms with Crippen LogP contribution in [0.4, 0.5) is 0 Å². The van der Waals surface area contributed by atoms with Crippen molar-refractivity contribution in [1.82, 2.24) is 5.48 Å². The normalized spacial score (nSPS) is 9.60. The van der Waals surface area contributed by atoms with Crippen LogP contribution in [0.2, 0.25) is 0 Å². The molecule has 4 nitrogen and oxygen atoms in total. The van der Waals surface area contributed by atoms with E-state index < -0.39 is 11.7 Å². The second-order valence-corrected chi connectivity index (χ2v) is 2.46. The largest absolute Gasteiger partial charge is 0.310 e. The fourth-order valence-corrected chi connectivity index (χ4v) is 0.526. The average Bonchev–Trinajstić information content (AvgIpc) is 1.85. The van der Waals surface area contributed by atoms with Crippen LogP contribution in [0, 0.1) is 5.92 Å². The van der Waals surface area contributed by atoms with E-state index >= 15 is 0 Å². The van der Waals surface area contributed by atoms with E-state index in [0.717, 1.165) is 0 Å². The van der Waals surface area contributed by atoms with E-state index in [1.54, 1.807) is 0 Å². The highest BCUT2D eigenvalue weighted by Gasteiger charge is 2.13. The monoisotopic (exact) mass is 145 g/mol. The third kappa shape index (κ3) is 3.19. The Morgan fingerprint density at radius 3 is 2.30 bits per heavy atom. The number of hydrogen-bond donors (Lipinski definition) is 2. The van der Waals surface area contributed by atoms with Crippen molar-refractivity contribution >= 4 is 11.7 Å². The zero-order valence-corrected chi connectivity index (χ0v) is 6.05. The lowest BCUT2D eigenvalue weighted by Gasteiger charge is -2.00. The van der Waals surface area contributed by atoms with Crippen molar-refractivity contribution in [3.05, 3.63) is 0 Å². The first-order chi connectivity index (χ1) is 4.57. The second kappa shape index (κ2) is 4.00. The Hall–Kier alpha value is -0.900. The molecule has 0 saturated heterocycles. The minimum absolute atomic E-state index is 0.143. The van der Waals surface area contributed by atoms with E-state index in [1.165, 1.54) is 5.48 Å². The maximum Gasteiger partial charge on any atom is 0.310 e. The quantitative estimate of drug-likeness (QED) is 0.336. The molecule has 10 heavy (non-hydrogen) atoms. The lowest BCUT2D eigenvalue weighted by atomic mass is 10.1. The van der Waals surface area contributed by atoms with Crippen LogP contribution in [0.5, 0.6) is 0 Å². The molecule has 0 rings (SSSR count). The van der Waals surface area contributed by atoms with Gasteiger partial charge in [0.2, 0.25) is 5.78 Å². The van der Waals surface area contributed by atoms with Gasteiger partial charge in [0, 0.05) is 6.42 Å². The number of Topliss-reactive ketones (excluding diaryl/α,β-unsaturated/α-hetero) is 1. The first-order valence-corrected chi connectivity index (χ1v) is 3.05. The number of carbonyl (C=O) groups excluding carboxylic acids is 2. The molecular weight excluding hydrogens is 134 g/mol. The van der Waals surface area contributed by atoms with Crippen LogP contribution in [0.3, 0.4) is 0 Å². The first-order valence-electron chi connectivity index (χ1n) is 3.05. The topological polar surface area (TPSA) is 66.4 Å². The molecule has 1 amide bonds. The van der Waals surface area contributed by atoms with Crippen molar-refractivity contribution in [3.8, 4) is 0 Å². The van der Waals surface area contributed by atoms with Gasteiger partial charge in [-0.25, -0.2) is 5.48 Å². The molecule has 0 unspecified atom stereocenters. The lowest BCUT2D eigenvalue weighted by molar-refractivity contribution is -0.143. The molecule has 0 bridgehead atoms. The number of amides is 1. The van der Waals surface area contributed by atoms with Crippen LogP contribution in [0.1, 0.15) is 20.3 Å². The van der Waals surface area contributed by atoms with Crippen LogP contribution in [0.15, 0.2) is 0 Å². The van der Waals surface area contributed by atoms with Crippen molar-refractivity contribution < 1.29 is 14.8 Å². The van der Waals surface area contributed by atoms with Gasteiger partial charge >= 0.3 is 5.91 Å². The zero-order chi connectivity index (χ0) is 8.15. The van der Waals surface area contributed by atoms with Gasteiger partial charge < -0.3 is 0 Å². The third-order valence-corrected chi connectivity index (χ3v) is 0.948. The molecule has 0 aliphatic rings. The number of nitrogens with one attached hydrogen (secondary N) is 1. The number of ketones is 1. The molecule has 0 aromatic heterocycles. The molecule has 0 aromatic rings. The van der Waals surface area contributed by atoms with Crippen molar-refractivity contribution in [2.75, 3.05) is 0 Å². The van der Waals surface area contributed by atoms with Gasteiger partial charge in [0.05, 0.1) is 0 Å². The van der Waals surface area contributed by atoms with Gasteiger partial charge in [-0.3, -0.25) is 14.8 Å². The number of carbonyl (C=O) groups is 2. The van der Waals surface area contributed by atoms with Crippen LogP contribution in [-0.4, -0.2) is 16.9 Å². The average molecular weight is 145 g/mol. The maximum atomic E-state index is 10.6. The van der Waals surface area contributed by atoms with Gasteiger partial charge in [0.25, 0.3) is 0 Å². The molecule has 0 atom stereocenters. The van der Waals surface area contributed by atoms with Crippen molar-refractivity contribution in [2.24, 2.45) is 5.92 Å². The summed E-state index contributed by atoms with van der Waals surface area (Å²) in [5.74, 6) is -1.38. The molecule has 0 fully saturated rings. The van der Waals surface area contributed by atoms with Crippen molar-refractivity contribution in [1.29, 1.82) is 0 Å². The Bertz CT molecular complexity index is 142. The first kappa shape index (κ1) is 9.10. The molecular formula is C6H11NO3. The third-order valence-electron chi connectivity index (χ3n) is 0.948. The Labute approximate surface area is 59.2 Å². The highest BCUT2D eigenvalue weighted by atomic mass is 16.5. The maximum absolute atomic E-state index is 10.6. The summed E-state index contributed by atoms with van der Waals surface area (Å²) in [6, 6.07) is 0. The van der Waals surface area contributed by atoms with E-state index in [-0.39, 0.29) is 12.3 Å². The Morgan fingerprint density at radius 2 is 2.00 bits per heavy atom. The van der Waals surface area contributed by atoms with Crippen LogP contribution < -0.4 is 5.48 Å². The summed E-state index contributed by atoms with van der Waals surface area (Å²) in [6.07, 6.45) is 0.173. The Kier molecular flexibility index (Phi) is 3.64. The molecule has 0 aromatic carbocycles. The van der Waals surface area contributed by atoms with Gasteiger partial charge in [-0.2, -0.15) is 0 Å². The SMILES string of the molecule is CC(C)CC(=O)C(=O)NO. The van der Waals surface area contributed by atoms with Gasteiger partial charge in [0.1, 0.15) is 0 Å². The summed E-state index contributed by atoms with van der Waals surface area (Å²) in [7, 11) is 0. The summed E-state index contributed by atoms with van der Waals surface area (Å²) < 4.78 is 0. The second-order valence-electron chi connectivity index (χ2n) is 2.46. The molecule has 2 N–H and O–H groups in total. The summed E-state index contributed by atoms with van der Waals surface area (Å²) in [5.41, 5.74) is 1.28. The van der Waals surface area contributed by atoms with Crippen molar-refractivity contribution in [3.63, 3.8) is 0 Å². The number of hydrogen-bond acceptors (Lipinski definition) is 3. The predicted molar refractivity (Wildman–Crippen MR) is 34.4 cm³/mol. The summed E-state index contributed by atoms with van der Waals surface area (Å²) in [6.45, 7) is 3.64. The summed E-state index contributed by atoms with van der Waals surface area (Å²) >= 11 is 0. The molecule has 4 heteroatoms. The van der Waals surface area contributed by atoms with Crippen molar-refractivity contribution in [2.45, 2.75) is 20.3 Å². The summed E-state index contributed by atoms with van der Waals surface area (Å²) in [5, 5.41) is 8.00.